The molecule has 17 heavy (non-hydrogen) atoms. The average molecular weight is 243 g/mol. The topological polar surface area (TPSA) is 32.7 Å². The van der Waals surface area contributed by atoms with Crippen molar-refractivity contribution in [3.63, 3.8) is 0 Å². The second-order valence-corrected chi connectivity index (χ2v) is 5.63. The molecule has 102 valence electrons. The van der Waals surface area contributed by atoms with E-state index in [2.05, 4.69) is 32.6 Å². The van der Waals surface area contributed by atoms with Gasteiger partial charge in [0.1, 0.15) is 0 Å². The Morgan fingerprint density at radius 1 is 1.24 bits per heavy atom. The van der Waals surface area contributed by atoms with Crippen molar-refractivity contribution < 1.29 is 9.84 Å². The van der Waals surface area contributed by atoms with Crippen molar-refractivity contribution in [3.8, 4) is 0 Å². The van der Waals surface area contributed by atoms with Crippen molar-refractivity contribution in [2.75, 3.05) is 26.3 Å². The van der Waals surface area contributed by atoms with E-state index in [0.29, 0.717) is 5.92 Å². The van der Waals surface area contributed by atoms with Gasteiger partial charge in [-0.05, 0) is 52.1 Å². The Bertz CT molecular complexity index is 208. The minimum absolute atomic E-state index is 0.123. The number of aliphatic hydroxyl groups excluding tert-OH is 1. The maximum absolute atomic E-state index is 10.5. The Morgan fingerprint density at radius 3 is 2.24 bits per heavy atom. The minimum Gasteiger partial charge on any atom is -0.391 e. The van der Waals surface area contributed by atoms with Crippen molar-refractivity contribution in [1.29, 1.82) is 0 Å². The normalized spacial score (nSPS) is 20.8. The molecule has 1 atom stereocenters. The first-order chi connectivity index (χ1) is 8.02. The molecule has 0 bridgehead atoms. The van der Waals surface area contributed by atoms with Gasteiger partial charge in [-0.25, -0.2) is 0 Å². The van der Waals surface area contributed by atoms with Crippen LogP contribution in [0.1, 0.15) is 47.0 Å². The van der Waals surface area contributed by atoms with Gasteiger partial charge in [0.15, 0.2) is 0 Å². The number of hydrogen-bond donors (Lipinski definition) is 1. The standard InChI is InChI=1S/C14H29NO2/c1-5-15(6-2)14(3,4)13(16)11-12-7-9-17-10-8-12/h12-13,16H,5-11H2,1-4H3. The Kier molecular flexibility index (Phi) is 5.90. The van der Waals surface area contributed by atoms with E-state index < -0.39 is 0 Å². The van der Waals surface area contributed by atoms with Crippen LogP contribution in [0.4, 0.5) is 0 Å². The summed E-state index contributed by atoms with van der Waals surface area (Å²) >= 11 is 0. The average Bonchev–Trinajstić information content (AvgIpc) is 2.31. The van der Waals surface area contributed by atoms with Gasteiger partial charge < -0.3 is 9.84 Å². The van der Waals surface area contributed by atoms with E-state index in [9.17, 15) is 5.11 Å². The summed E-state index contributed by atoms with van der Waals surface area (Å²) in [6.07, 6.45) is 2.87. The van der Waals surface area contributed by atoms with Crippen molar-refractivity contribution in [3.05, 3.63) is 0 Å². The number of likely N-dealkylation sites (N-methyl/N-ethyl adjacent to an activating group) is 1. The number of aliphatic hydroxyl groups is 1. The van der Waals surface area contributed by atoms with Crippen LogP contribution in [0.15, 0.2) is 0 Å². The molecule has 1 rings (SSSR count). The third kappa shape index (κ3) is 3.94. The molecule has 0 amide bonds. The van der Waals surface area contributed by atoms with Crippen molar-refractivity contribution in [2.45, 2.75) is 58.6 Å². The molecule has 0 radical (unpaired) electrons. The Balaban J connectivity index is 2.51. The molecule has 1 unspecified atom stereocenters. The highest BCUT2D eigenvalue weighted by atomic mass is 16.5. The van der Waals surface area contributed by atoms with Crippen LogP contribution < -0.4 is 0 Å². The van der Waals surface area contributed by atoms with E-state index in [0.717, 1.165) is 45.6 Å². The van der Waals surface area contributed by atoms with Crippen LogP contribution in [0.2, 0.25) is 0 Å². The van der Waals surface area contributed by atoms with E-state index in [1.807, 2.05) is 0 Å². The summed E-state index contributed by atoms with van der Waals surface area (Å²) in [6, 6.07) is 0. The van der Waals surface area contributed by atoms with E-state index in [1.54, 1.807) is 0 Å². The molecule has 1 saturated heterocycles. The minimum atomic E-state index is -0.245. The summed E-state index contributed by atoms with van der Waals surface area (Å²) in [4.78, 5) is 2.34. The molecule has 1 N–H and O–H groups in total. The lowest BCUT2D eigenvalue weighted by molar-refractivity contribution is -0.0303. The molecule has 0 saturated carbocycles. The molecule has 1 heterocycles. The first-order valence-corrected chi connectivity index (χ1v) is 7.03. The van der Waals surface area contributed by atoms with Gasteiger partial charge in [0.05, 0.1) is 6.10 Å². The second kappa shape index (κ2) is 6.72. The Morgan fingerprint density at radius 2 is 1.76 bits per heavy atom. The van der Waals surface area contributed by atoms with Gasteiger partial charge in [0.25, 0.3) is 0 Å². The summed E-state index contributed by atoms with van der Waals surface area (Å²) in [5.41, 5.74) is -0.123. The van der Waals surface area contributed by atoms with Crippen molar-refractivity contribution >= 4 is 0 Å². The van der Waals surface area contributed by atoms with Crippen LogP contribution in [0.5, 0.6) is 0 Å². The van der Waals surface area contributed by atoms with Gasteiger partial charge in [0.2, 0.25) is 0 Å². The molecule has 0 aliphatic carbocycles. The lowest BCUT2D eigenvalue weighted by Crippen LogP contribution is -2.52. The fourth-order valence-corrected chi connectivity index (χ4v) is 2.84. The maximum Gasteiger partial charge on any atom is 0.0721 e. The number of rotatable bonds is 6. The van der Waals surface area contributed by atoms with Crippen LogP contribution in [-0.4, -0.2) is 48.0 Å². The quantitative estimate of drug-likeness (QED) is 0.777. The van der Waals surface area contributed by atoms with Gasteiger partial charge in [0, 0.05) is 18.8 Å². The zero-order valence-corrected chi connectivity index (χ0v) is 11.9. The number of nitrogens with zero attached hydrogens (tertiary/aromatic N) is 1. The molecule has 3 nitrogen and oxygen atoms in total. The molecular weight excluding hydrogens is 214 g/mol. The van der Waals surface area contributed by atoms with Gasteiger partial charge in [-0.3, -0.25) is 4.90 Å². The van der Waals surface area contributed by atoms with Crippen LogP contribution in [0.3, 0.4) is 0 Å². The molecule has 0 aromatic carbocycles. The van der Waals surface area contributed by atoms with Crippen molar-refractivity contribution in [1.82, 2.24) is 4.90 Å². The SMILES string of the molecule is CCN(CC)C(C)(C)C(O)CC1CCOCC1. The molecule has 0 spiro atoms. The predicted molar refractivity (Wildman–Crippen MR) is 71.2 cm³/mol. The van der Waals surface area contributed by atoms with E-state index in [4.69, 9.17) is 4.74 Å². The monoisotopic (exact) mass is 243 g/mol. The summed E-state index contributed by atoms with van der Waals surface area (Å²) < 4.78 is 5.36. The highest BCUT2D eigenvalue weighted by molar-refractivity contribution is 4.89. The second-order valence-electron chi connectivity index (χ2n) is 5.63. The van der Waals surface area contributed by atoms with Crippen molar-refractivity contribution in [2.24, 2.45) is 5.92 Å². The zero-order chi connectivity index (χ0) is 12.9. The molecule has 1 aliphatic rings. The first-order valence-electron chi connectivity index (χ1n) is 7.03. The highest BCUT2D eigenvalue weighted by Gasteiger charge is 2.34. The van der Waals surface area contributed by atoms with Gasteiger partial charge >= 0.3 is 0 Å². The lowest BCUT2D eigenvalue weighted by Gasteiger charge is -2.42. The summed E-state index contributed by atoms with van der Waals surface area (Å²) in [5.74, 6) is 0.633. The summed E-state index contributed by atoms with van der Waals surface area (Å²) in [6.45, 7) is 12.3. The summed E-state index contributed by atoms with van der Waals surface area (Å²) in [5, 5.41) is 10.5. The first kappa shape index (κ1) is 14.9. The molecule has 3 heteroatoms. The van der Waals surface area contributed by atoms with Crippen LogP contribution in [-0.2, 0) is 4.74 Å². The predicted octanol–water partition coefficient (Wildman–Crippen LogP) is 2.28. The lowest BCUT2D eigenvalue weighted by atomic mass is 9.84. The zero-order valence-electron chi connectivity index (χ0n) is 11.9. The maximum atomic E-state index is 10.5. The fourth-order valence-electron chi connectivity index (χ4n) is 2.84. The highest BCUT2D eigenvalue weighted by Crippen LogP contribution is 2.27. The third-order valence-electron chi connectivity index (χ3n) is 4.29. The van der Waals surface area contributed by atoms with Crippen LogP contribution in [0.25, 0.3) is 0 Å². The largest absolute Gasteiger partial charge is 0.391 e. The number of hydrogen-bond acceptors (Lipinski definition) is 3. The summed E-state index contributed by atoms with van der Waals surface area (Å²) in [7, 11) is 0. The number of ether oxygens (including phenoxy) is 1. The van der Waals surface area contributed by atoms with Gasteiger partial charge in [-0.1, -0.05) is 13.8 Å². The smallest absolute Gasteiger partial charge is 0.0721 e. The molecule has 1 fully saturated rings. The Hall–Kier alpha value is -0.120. The van der Waals surface area contributed by atoms with E-state index >= 15 is 0 Å². The molecule has 1 aliphatic heterocycles. The van der Waals surface area contributed by atoms with E-state index in [-0.39, 0.29) is 11.6 Å². The fraction of sp³-hybridized carbons (Fsp3) is 1.00. The molecule has 0 aromatic heterocycles. The van der Waals surface area contributed by atoms with E-state index in [1.165, 1.54) is 0 Å². The molecular formula is C14H29NO2. The Labute approximate surface area is 106 Å². The van der Waals surface area contributed by atoms with Gasteiger partial charge in [-0.2, -0.15) is 0 Å². The third-order valence-corrected chi connectivity index (χ3v) is 4.29. The van der Waals surface area contributed by atoms with Gasteiger partial charge in [-0.15, -0.1) is 0 Å². The molecule has 0 aromatic rings. The van der Waals surface area contributed by atoms with Crippen LogP contribution in [0, 0.1) is 5.92 Å². The van der Waals surface area contributed by atoms with Crippen LogP contribution >= 0.6 is 0 Å².